The minimum atomic E-state index is -0.224. The van der Waals surface area contributed by atoms with Crippen molar-refractivity contribution in [2.45, 2.75) is 44.9 Å². The molecule has 1 heterocycles. The first-order valence-electron chi connectivity index (χ1n) is 10.2. The second kappa shape index (κ2) is 8.68. The molecule has 0 aliphatic carbocycles. The molecule has 29 heavy (non-hydrogen) atoms. The summed E-state index contributed by atoms with van der Waals surface area (Å²) < 4.78 is 0. The van der Waals surface area contributed by atoms with Gasteiger partial charge in [0, 0.05) is 18.7 Å². The average Bonchev–Trinajstić information content (AvgIpc) is 2.72. The lowest BCUT2D eigenvalue weighted by molar-refractivity contribution is -0.131. The molecule has 2 N–H and O–H groups in total. The first-order chi connectivity index (χ1) is 13.7. The zero-order valence-corrected chi connectivity index (χ0v) is 17.4. The lowest BCUT2D eigenvalue weighted by atomic mass is 9.87. The van der Waals surface area contributed by atoms with Crippen molar-refractivity contribution in [2.24, 2.45) is 0 Å². The normalized spacial score (nSPS) is 15.2. The fraction of sp³-hybridized carbons (Fsp3) is 0.417. The molecule has 0 spiro atoms. The molecule has 0 aromatic heterocycles. The number of carbonyl (C=O) groups is 2. The van der Waals surface area contributed by atoms with Crippen LogP contribution >= 0.6 is 0 Å². The van der Waals surface area contributed by atoms with Crippen molar-refractivity contribution < 1.29 is 14.7 Å². The predicted molar refractivity (Wildman–Crippen MR) is 114 cm³/mol. The Kier molecular flexibility index (Phi) is 6.26. The smallest absolute Gasteiger partial charge is 0.251 e. The number of phenols is 1. The van der Waals surface area contributed by atoms with Crippen LogP contribution in [0.25, 0.3) is 0 Å². The number of phenolic OH excluding ortho intramolecular Hbond substituents is 1. The van der Waals surface area contributed by atoms with E-state index in [1.807, 2.05) is 41.3 Å². The Labute approximate surface area is 172 Å². The van der Waals surface area contributed by atoms with Gasteiger partial charge >= 0.3 is 0 Å². The lowest BCUT2D eigenvalue weighted by Crippen LogP contribution is -2.43. The van der Waals surface area contributed by atoms with Gasteiger partial charge in [0.05, 0.1) is 6.54 Å². The van der Waals surface area contributed by atoms with Crippen LogP contribution in [0.4, 0.5) is 0 Å². The third kappa shape index (κ3) is 5.37. The van der Waals surface area contributed by atoms with Gasteiger partial charge in [-0.2, -0.15) is 0 Å². The van der Waals surface area contributed by atoms with Gasteiger partial charge in [-0.05, 0) is 59.6 Å². The van der Waals surface area contributed by atoms with Gasteiger partial charge in [0.25, 0.3) is 5.91 Å². The molecule has 0 atom stereocenters. The van der Waals surface area contributed by atoms with Crippen LogP contribution in [-0.2, 0) is 10.2 Å². The van der Waals surface area contributed by atoms with Gasteiger partial charge in [-0.15, -0.1) is 0 Å². The number of hydrogen-bond acceptors (Lipinski definition) is 3. The van der Waals surface area contributed by atoms with Gasteiger partial charge in [-0.1, -0.05) is 45.0 Å². The number of likely N-dealkylation sites (tertiary alicyclic amines) is 1. The van der Waals surface area contributed by atoms with Crippen LogP contribution < -0.4 is 5.32 Å². The second-order valence-corrected chi connectivity index (χ2v) is 8.76. The highest BCUT2D eigenvalue weighted by molar-refractivity contribution is 5.96. The summed E-state index contributed by atoms with van der Waals surface area (Å²) in [5, 5.41) is 12.2. The summed E-state index contributed by atoms with van der Waals surface area (Å²) in [5.74, 6) is 0.396. The highest BCUT2D eigenvalue weighted by atomic mass is 16.3. The number of aromatic hydroxyl groups is 1. The van der Waals surface area contributed by atoms with Gasteiger partial charge in [0.15, 0.2) is 0 Å². The zero-order valence-electron chi connectivity index (χ0n) is 17.4. The summed E-state index contributed by atoms with van der Waals surface area (Å²) >= 11 is 0. The van der Waals surface area contributed by atoms with E-state index >= 15 is 0 Å². The predicted octanol–water partition coefficient (Wildman–Crippen LogP) is 3.83. The summed E-state index contributed by atoms with van der Waals surface area (Å²) in [7, 11) is 0. The highest BCUT2D eigenvalue weighted by Crippen LogP contribution is 2.29. The standard InChI is InChI=1S/C24H30N2O3/c1-24(2,3)20-8-4-19(5-9-20)23(29)25-16-22(28)26-14-12-18(13-15-26)17-6-10-21(27)11-7-17/h4-11,18,27H,12-16H2,1-3H3,(H,25,29). The molecule has 0 bridgehead atoms. The molecule has 3 rings (SSSR count). The fourth-order valence-corrected chi connectivity index (χ4v) is 3.70. The Morgan fingerprint density at radius 1 is 1.00 bits per heavy atom. The third-order valence-electron chi connectivity index (χ3n) is 5.63. The van der Waals surface area contributed by atoms with Crippen LogP contribution in [0.1, 0.15) is 61.0 Å². The Morgan fingerprint density at radius 3 is 2.14 bits per heavy atom. The minimum Gasteiger partial charge on any atom is -0.508 e. The molecule has 2 aromatic rings. The van der Waals surface area contributed by atoms with E-state index in [-0.39, 0.29) is 29.5 Å². The van der Waals surface area contributed by atoms with E-state index < -0.39 is 0 Å². The summed E-state index contributed by atoms with van der Waals surface area (Å²) in [5.41, 5.74) is 2.97. The molecule has 1 fully saturated rings. The molecular formula is C24H30N2O3. The van der Waals surface area contributed by atoms with Crippen molar-refractivity contribution in [3.05, 3.63) is 65.2 Å². The summed E-state index contributed by atoms with van der Waals surface area (Å²) in [6, 6.07) is 14.8. The second-order valence-electron chi connectivity index (χ2n) is 8.76. The number of rotatable bonds is 4. The largest absolute Gasteiger partial charge is 0.508 e. The maximum Gasteiger partial charge on any atom is 0.251 e. The molecule has 1 aliphatic rings. The van der Waals surface area contributed by atoms with E-state index in [0.717, 1.165) is 12.8 Å². The van der Waals surface area contributed by atoms with Gasteiger partial charge in [0.1, 0.15) is 5.75 Å². The molecule has 0 radical (unpaired) electrons. The summed E-state index contributed by atoms with van der Waals surface area (Å²) in [6.07, 6.45) is 1.78. The summed E-state index contributed by atoms with van der Waals surface area (Å²) in [6.45, 7) is 7.77. The number of amides is 2. The van der Waals surface area contributed by atoms with Crippen LogP contribution in [0.15, 0.2) is 48.5 Å². The fourth-order valence-electron chi connectivity index (χ4n) is 3.70. The monoisotopic (exact) mass is 394 g/mol. The Balaban J connectivity index is 1.47. The molecule has 5 heteroatoms. The molecular weight excluding hydrogens is 364 g/mol. The number of carbonyl (C=O) groups excluding carboxylic acids is 2. The maximum absolute atomic E-state index is 12.5. The lowest BCUT2D eigenvalue weighted by Gasteiger charge is -2.32. The van der Waals surface area contributed by atoms with E-state index in [1.165, 1.54) is 11.1 Å². The average molecular weight is 395 g/mol. The number of nitrogens with one attached hydrogen (secondary N) is 1. The maximum atomic E-state index is 12.5. The van der Waals surface area contributed by atoms with Crippen molar-refractivity contribution in [3.8, 4) is 5.75 Å². The van der Waals surface area contributed by atoms with Crippen LogP contribution in [0, 0.1) is 0 Å². The molecule has 5 nitrogen and oxygen atoms in total. The van der Waals surface area contributed by atoms with Crippen LogP contribution in [0.5, 0.6) is 5.75 Å². The molecule has 2 amide bonds. The van der Waals surface area contributed by atoms with Gasteiger partial charge in [0.2, 0.25) is 5.91 Å². The van der Waals surface area contributed by atoms with E-state index in [4.69, 9.17) is 0 Å². The molecule has 1 saturated heterocycles. The molecule has 154 valence electrons. The quantitative estimate of drug-likeness (QED) is 0.828. The van der Waals surface area contributed by atoms with Gasteiger partial charge < -0.3 is 15.3 Å². The molecule has 0 saturated carbocycles. The van der Waals surface area contributed by atoms with Gasteiger partial charge in [-0.3, -0.25) is 9.59 Å². The van der Waals surface area contributed by atoms with Crippen LogP contribution in [-0.4, -0.2) is 41.5 Å². The van der Waals surface area contributed by atoms with Crippen molar-refractivity contribution in [1.29, 1.82) is 0 Å². The van der Waals surface area contributed by atoms with E-state index in [0.29, 0.717) is 24.6 Å². The van der Waals surface area contributed by atoms with Crippen molar-refractivity contribution in [2.75, 3.05) is 19.6 Å². The number of piperidine rings is 1. The molecule has 0 unspecified atom stereocenters. The molecule has 1 aliphatic heterocycles. The van der Waals surface area contributed by atoms with Crippen LogP contribution in [0.3, 0.4) is 0 Å². The number of nitrogens with zero attached hydrogens (tertiary/aromatic N) is 1. The first kappa shape index (κ1) is 20.9. The van der Waals surface area contributed by atoms with Crippen molar-refractivity contribution in [3.63, 3.8) is 0 Å². The van der Waals surface area contributed by atoms with Crippen molar-refractivity contribution >= 4 is 11.8 Å². The van der Waals surface area contributed by atoms with E-state index in [9.17, 15) is 14.7 Å². The van der Waals surface area contributed by atoms with Gasteiger partial charge in [-0.25, -0.2) is 0 Å². The third-order valence-corrected chi connectivity index (χ3v) is 5.63. The van der Waals surface area contributed by atoms with Crippen molar-refractivity contribution in [1.82, 2.24) is 10.2 Å². The van der Waals surface area contributed by atoms with Crippen LogP contribution in [0.2, 0.25) is 0 Å². The topological polar surface area (TPSA) is 69.6 Å². The Morgan fingerprint density at radius 2 is 1.59 bits per heavy atom. The SMILES string of the molecule is CC(C)(C)c1ccc(C(=O)NCC(=O)N2CCC(c3ccc(O)cc3)CC2)cc1. The first-order valence-corrected chi connectivity index (χ1v) is 10.2. The van der Waals surface area contributed by atoms with E-state index in [1.54, 1.807) is 12.1 Å². The van der Waals surface area contributed by atoms with E-state index in [2.05, 4.69) is 26.1 Å². The number of hydrogen-bond donors (Lipinski definition) is 2. The summed E-state index contributed by atoms with van der Waals surface area (Å²) in [4.78, 5) is 26.7. The Hall–Kier alpha value is -2.82. The zero-order chi connectivity index (χ0) is 21.0. The Bertz CT molecular complexity index is 843. The number of benzene rings is 2. The highest BCUT2D eigenvalue weighted by Gasteiger charge is 2.24. The molecule has 2 aromatic carbocycles. The minimum absolute atomic E-state index is 0.0176.